The van der Waals surface area contributed by atoms with Crippen molar-refractivity contribution >= 4 is 17.5 Å². The molecular weight excluding hydrogens is 368 g/mol. The highest BCUT2D eigenvalue weighted by molar-refractivity contribution is 6.03. The van der Waals surface area contributed by atoms with E-state index in [4.69, 9.17) is 4.74 Å². The molecule has 0 atom stereocenters. The molecule has 1 fully saturated rings. The van der Waals surface area contributed by atoms with E-state index in [1.54, 1.807) is 19.2 Å². The Kier molecular flexibility index (Phi) is 5.83. The van der Waals surface area contributed by atoms with Gasteiger partial charge in [-0.15, -0.1) is 0 Å². The standard InChI is InChI=1S/C22H28N4O3/c1-29-17-11-7-10-16(14-17)24-22(28)20-25-19(18-12-5-6-13-26(18)20)21(27)23-15-8-3-2-4-9-15/h7,10-11,14-15H,2-6,8-9,12-13H2,1H3,(H,23,27)(H,24,28). The Balaban J connectivity index is 1.56. The van der Waals surface area contributed by atoms with Gasteiger partial charge in [-0.2, -0.15) is 0 Å². The van der Waals surface area contributed by atoms with Crippen LogP contribution in [0.4, 0.5) is 5.69 Å². The summed E-state index contributed by atoms with van der Waals surface area (Å²) in [4.78, 5) is 30.4. The van der Waals surface area contributed by atoms with Gasteiger partial charge in [0.25, 0.3) is 11.8 Å². The third-order valence-electron chi connectivity index (χ3n) is 5.80. The zero-order chi connectivity index (χ0) is 20.2. The van der Waals surface area contributed by atoms with Gasteiger partial charge in [0.05, 0.1) is 12.8 Å². The van der Waals surface area contributed by atoms with Crippen LogP contribution in [-0.4, -0.2) is 34.5 Å². The molecule has 1 aromatic heterocycles. The van der Waals surface area contributed by atoms with Gasteiger partial charge in [0.2, 0.25) is 0 Å². The van der Waals surface area contributed by atoms with E-state index in [0.717, 1.165) is 50.6 Å². The third kappa shape index (κ3) is 4.28. The zero-order valence-electron chi connectivity index (χ0n) is 16.9. The van der Waals surface area contributed by atoms with Crippen molar-refractivity contribution < 1.29 is 14.3 Å². The predicted molar refractivity (Wildman–Crippen MR) is 110 cm³/mol. The number of hydrogen-bond acceptors (Lipinski definition) is 4. The number of anilines is 1. The molecule has 0 radical (unpaired) electrons. The van der Waals surface area contributed by atoms with Crippen LogP contribution in [-0.2, 0) is 13.0 Å². The fourth-order valence-electron chi connectivity index (χ4n) is 4.29. The number of rotatable bonds is 5. The average molecular weight is 396 g/mol. The van der Waals surface area contributed by atoms with E-state index < -0.39 is 0 Å². The van der Waals surface area contributed by atoms with Gasteiger partial charge in [-0.05, 0) is 44.2 Å². The summed E-state index contributed by atoms with van der Waals surface area (Å²) in [5.41, 5.74) is 1.92. The molecule has 29 heavy (non-hydrogen) atoms. The van der Waals surface area contributed by atoms with Crippen LogP contribution in [0.2, 0.25) is 0 Å². The van der Waals surface area contributed by atoms with Gasteiger partial charge in [-0.25, -0.2) is 4.98 Å². The third-order valence-corrected chi connectivity index (χ3v) is 5.80. The maximum absolute atomic E-state index is 12.9. The first-order valence-corrected chi connectivity index (χ1v) is 10.5. The van der Waals surface area contributed by atoms with Crippen LogP contribution in [0.15, 0.2) is 24.3 Å². The monoisotopic (exact) mass is 396 g/mol. The van der Waals surface area contributed by atoms with Gasteiger partial charge in [-0.1, -0.05) is 25.3 Å². The van der Waals surface area contributed by atoms with Crippen LogP contribution in [0.5, 0.6) is 5.75 Å². The van der Waals surface area contributed by atoms with Gasteiger partial charge in [-0.3, -0.25) is 9.59 Å². The number of nitrogens with one attached hydrogen (secondary N) is 2. The SMILES string of the molecule is COc1cccc(NC(=O)c2nc(C(=O)NC3CCCCC3)c3n2CCCC3)c1. The molecule has 1 aromatic carbocycles. The Morgan fingerprint density at radius 2 is 1.93 bits per heavy atom. The second-order valence-corrected chi connectivity index (χ2v) is 7.83. The molecule has 2 aromatic rings. The lowest BCUT2D eigenvalue weighted by Crippen LogP contribution is -2.37. The maximum atomic E-state index is 12.9. The van der Waals surface area contributed by atoms with Gasteiger partial charge >= 0.3 is 0 Å². The number of aromatic nitrogens is 2. The van der Waals surface area contributed by atoms with Crippen molar-refractivity contribution in [2.75, 3.05) is 12.4 Å². The number of fused-ring (bicyclic) bond motifs is 1. The number of methoxy groups -OCH3 is 1. The second-order valence-electron chi connectivity index (χ2n) is 7.83. The van der Waals surface area contributed by atoms with Crippen LogP contribution in [0.1, 0.15) is 71.7 Å². The van der Waals surface area contributed by atoms with Crippen LogP contribution in [0, 0.1) is 0 Å². The van der Waals surface area contributed by atoms with Crippen molar-refractivity contribution in [1.82, 2.24) is 14.9 Å². The highest BCUT2D eigenvalue weighted by Gasteiger charge is 2.28. The lowest BCUT2D eigenvalue weighted by Gasteiger charge is -2.23. The Morgan fingerprint density at radius 1 is 1.10 bits per heavy atom. The maximum Gasteiger partial charge on any atom is 0.291 e. The van der Waals surface area contributed by atoms with Crippen molar-refractivity contribution in [1.29, 1.82) is 0 Å². The molecule has 1 saturated carbocycles. The highest BCUT2D eigenvalue weighted by atomic mass is 16.5. The fourth-order valence-corrected chi connectivity index (χ4v) is 4.29. The molecule has 4 rings (SSSR count). The summed E-state index contributed by atoms with van der Waals surface area (Å²) in [6, 6.07) is 7.41. The molecule has 0 spiro atoms. The van der Waals surface area contributed by atoms with Crippen molar-refractivity contribution in [2.45, 2.75) is 64.0 Å². The minimum absolute atomic E-state index is 0.150. The van der Waals surface area contributed by atoms with Crippen molar-refractivity contribution in [3.8, 4) is 5.75 Å². The lowest BCUT2D eigenvalue weighted by molar-refractivity contribution is 0.0921. The van der Waals surface area contributed by atoms with E-state index in [2.05, 4.69) is 15.6 Å². The quantitative estimate of drug-likeness (QED) is 0.809. The molecule has 0 unspecified atom stereocenters. The minimum atomic E-state index is -0.307. The molecule has 154 valence electrons. The van der Waals surface area contributed by atoms with Crippen LogP contribution in [0.25, 0.3) is 0 Å². The number of nitrogens with zero attached hydrogens (tertiary/aromatic N) is 2. The topological polar surface area (TPSA) is 85.2 Å². The predicted octanol–water partition coefficient (Wildman–Crippen LogP) is 3.54. The van der Waals surface area contributed by atoms with E-state index in [-0.39, 0.29) is 17.9 Å². The number of hydrogen-bond donors (Lipinski definition) is 2. The van der Waals surface area contributed by atoms with Crippen molar-refractivity contribution in [3.63, 3.8) is 0 Å². The number of amides is 2. The van der Waals surface area contributed by atoms with Crippen LogP contribution in [0.3, 0.4) is 0 Å². The van der Waals surface area contributed by atoms with Crippen molar-refractivity contribution in [2.24, 2.45) is 0 Å². The van der Waals surface area contributed by atoms with Gasteiger partial charge in [0.1, 0.15) is 11.4 Å². The molecule has 0 bridgehead atoms. The molecule has 1 aliphatic carbocycles. The van der Waals surface area contributed by atoms with Gasteiger partial charge in [0, 0.05) is 24.3 Å². The molecule has 0 saturated heterocycles. The molecule has 2 amide bonds. The summed E-state index contributed by atoms with van der Waals surface area (Å²) in [6.45, 7) is 0.708. The molecular formula is C22H28N4O3. The highest BCUT2D eigenvalue weighted by Crippen LogP contribution is 2.24. The van der Waals surface area contributed by atoms with E-state index in [9.17, 15) is 9.59 Å². The lowest BCUT2D eigenvalue weighted by atomic mass is 9.95. The Morgan fingerprint density at radius 3 is 2.72 bits per heavy atom. The molecule has 2 aliphatic rings. The summed E-state index contributed by atoms with van der Waals surface area (Å²) < 4.78 is 7.13. The number of benzene rings is 1. The number of imidazole rings is 1. The van der Waals surface area contributed by atoms with Gasteiger partial charge in [0.15, 0.2) is 5.82 Å². The first-order valence-electron chi connectivity index (χ1n) is 10.5. The summed E-state index contributed by atoms with van der Waals surface area (Å²) >= 11 is 0. The Bertz CT molecular complexity index is 899. The van der Waals surface area contributed by atoms with Gasteiger partial charge < -0.3 is 19.9 Å². The number of ether oxygens (including phenoxy) is 1. The normalized spacial score (nSPS) is 16.7. The van der Waals surface area contributed by atoms with E-state index in [1.165, 1.54) is 6.42 Å². The minimum Gasteiger partial charge on any atom is -0.497 e. The molecule has 1 aliphatic heterocycles. The molecule has 7 nitrogen and oxygen atoms in total. The smallest absolute Gasteiger partial charge is 0.291 e. The van der Waals surface area contributed by atoms with E-state index in [0.29, 0.717) is 29.5 Å². The van der Waals surface area contributed by atoms with E-state index in [1.807, 2.05) is 16.7 Å². The fraction of sp³-hybridized carbons (Fsp3) is 0.500. The van der Waals surface area contributed by atoms with Crippen LogP contribution < -0.4 is 15.4 Å². The van der Waals surface area contributed by atoms with Crippen molar-refractivity contribution in [3.05, 3.63) is 41.5 Å². The second kappa shape index (κ2) is 8.68. The summed E-state index contributed by atoms with van der Waals surface area (Å²) in [5.74, 6) is 0.512. The molecule has 7 heteroatoms. The molecule has 2 N–H and O–H groups in total. The summed E-state index contributed by atoms with van der Waals surface area (Å²) in [6.07, 6.45) is 8.34. The average Bonchev–Trinajstić information content (AvgIpc) is 3.15. The molecule has 2 heterocycles. The summed E-state index contributed by atoms with van der Waals surface area (Å²) in [7, 11) is 1.59. The number of carbonyl (C=O) groups is 2. The first-order chi connectivity index (χ1) is 14.2. The largest absolute Gasteiger partial charge is 0.497 e. The Labute approximate surface area is 170 Å². The Hall–Kier alpha value is -2.83. The first kappa shape index (κ1) is 19.5. The summed E-state index contributed by atoms with van der Waals surface area (Å²) in [5, 5.41) is 6.02. The van der Waals surface area contributed by atoms with Crippen LogP contribution >= 0.6 is 0 Å². The zero-order valence-corrected chi connectivity index (χ0v) is 16.9. The number of carbonyl (C=O) groups excluding carboxylic acids is 2. The van der Waals surface area contributed by atoms with E-state index >= 15 is 0 Å².